The van der Waals surface area contributed by atoms with E-state index in [1.165, 1.54) is 6.07 Å². The maximum Gasteiger partial charge on any atom is 0.191 e. The van der Waals surface area contributed by atoms with Gasteiger partial charge in [0.1, 0.15) is 12.4 Å². The highest BCUT2D eigenvalue weighted by molar-refractivity contribution is 5.79. The number of guanidine groups is 1. The predicted molar refractivity (Wildman–Crippen MR) is 97.7 cm³/mol. The monoisotopic (exact) mass is 370 g/mol. The predicted octanol–water partition coefficient (Wildman–Crippen LogP) is 1.62. The number of ether oxygens (including phenoxy) is 2. The van der Waals surface area contributed by atoms with Crippen molar-refractivity contribution in [1.29, 1.82) is 0 Å². The molecule has 1 aromatic rings. The Balaban J connectivity index is 1.71. The van der Waals surface area contributed by atoms with Gasteiger partial charge in [0.15, 0.2) is 17.6 Å². The molecule has 26 heavy (non-hydrogen) atoms. The van der Waals surface area contributed by atoms with Crippen LogP contribution < -0.4 is 15.4 Å². The van der Waals surface area contributed by atoms with Gasteiger partial charge in [0.05, 0.1) is 19.8 Å². The lowest BCUT2D eigenvalue weighted by molar-refractivity contribution is -0.00834. The first kappa shape index (κ1) is 20.4. The van der Waals surface area contributed by atoms with Crippen LogP contribution in [0, 0.1) is 11.6 Å². The van der Waals surface area contributed by atoms with Gasteiger partial charge in [-0.1, -0.05) is 0 Å². The molecule has 0 spiro atoms. The number of nitrogens with one attached hydrogen (secondary N) is 2. The maximum atomic E-state index is 13.1. The number of halogens is 2. The quantitative estimate of drug-likeness (QED) is 0.434. The van der Waals surface area contributed by atoms with E-state index in [1.54, 1.807) is 7.05 Å². The van der Waals surface area contributed by atoms with E-state index in [4.69, 9.17) is 9.47 Å². The fraction of sp³-hybridized carbons (Fsp3) is 0.611. The van der Waals surface area contributed by atoms with Crippen LogP contribution in [0.1, 0.15) is 13.8 Å². The molecule has 0 radical (unpaired) electrons. The van der Waals surface area contributed by atoms with Gasteiger partial charge in [-0.2, -0.15) is 0 Å². The molecule has 0 saturated carbocycles. The van der Waals surface area contributed by atoms with Crippen molar-refractivity contribution in [2.24, 2.45) is 4.99 Å². The van der Waals surface area contributed by atoms with Crippen molar-refractivity contribution in [3.05, 3.63) is 29.8 Å². The van der Waals surface area contributed by atoms with Crippen LogP contribution in [0.3, 0.4) is 0 Å². The maximum absolute atomic E-state index is 13.1. The molecule has 2 rings (SSSR count). The molecule has 0 unspecified atom stereocenters. The molecule has 1 saturated heterocycles. The van der Waals surface area contributed by atoms with Crippen molar-refractivity contribution in [2.75, 3.05) is 53.0 Å². The standard InChI is InChI=1S/C18H28F2N4O2/c1-18(2,24-7-10-25-11-8-24)13-23-17(21-3)22-6-9-26-14-4-5-15(19)16(20)12-14/h4-5,12H,6-11,13H2,1-3H3,(H2,21,22,23). The van der Waals surface area contributed by atoms with E-state index in [9.17, 15) is 8.78 Å². The van der Waals surface area contributed by atoms with E-state index < -0.39 is 11.6 Å². The number of benzene rings is 1. The molecule has 0 aliphatic carbocycles. The Morgan fingerprint density at radius 1 is 1.23 bits per heavy atom. The van der Waals surface area contributed by atoms with Gasteiger partial charge in [0, 0.05) is 38.3 Å². The van der Waals surface area contributed by atoms with Crippen LogP contribution in [-0.2, 0) is 4.74 Å². The third kappa shape index (κ3) is 6.10. The number of hydrogen-bond acceptors (Lipinski definition) is 4. The van der Waals surface area contributed by atoms with Crippen molar-refractivity contribution in [2.45, 2.75) is 19.4 Å². The van der Waals surface area contributed by atoms with Crippen LogP contribution in [-0.4, -0.2) is 69.4 Å². The Morgan fingerprint density at radius 3 is 2.62 bits per heavy atom. The molecule has 0 aromatic heterocycles. The summed E-state index contributed by atoms with van der Waals surface area (Å²) in [6, 6.07) is 3.48. The van der Waals surface area contributed by atoms with Crippen LogP contribution in [0.5, 0.6) is 5.75 Å². The molecule has 8 heteroatoms. The molecule has 2 N–H and O–H groups in total. The van der Waals surface area contributed by atoms with Crippen molar-refractivity contribution in [3.63, 3.8) is 0 Å². The SMILES string of the molecule is CN=C(NCCOc1ccc(F)c(F)c1)NCC(C)(C)N1CCOCC1. The number of rotatable bonds is 7. The first-order chi connectivity index (χ1) is 12.4. The second-order valence-corrected chi connectivity index (χ2v) is 6.69. The van der Waals surface area contributed by atoms with Crippen molar-refractivity contribution in [3.8, 4) is 5.75 Å². The summed E-state index contributed by atoms with van der Waals surface area (Å²) in [4.78, 5) is 6.58. The summed E-state index contributed by atoms with van der Waals surface area (Å²) in [5, 5.41) is 6.46. The number of hydrogen-bond donors (Lipinski definition) is 2. The Hall–Kier alpha value is -1.93. The van der Waals surface area contributed by atoms with Gasteiger partial charge < -0.3 is 20.1 Å². The highest BCUT2D eigenvalue weighted by Crippen LogP contribution is 2.16. The van der Waals surface area contributed by atoms with Gasteiger partial charge in [0.25, 0.3) is 0 Å². The fourth-order valence-corrected chi connectivity index (χ4v) is 2.71. The Kier molecular flexibility index (Phi) is 7.59. The van der Waals surface area contributed by atoms with Gasteiger partial charge >= 0.3 is 0 Å². The van der Waals surface area contributed by atoms with Gasteiger partial charge in [0.2, 0.25) is 0 Å². The van der Waals surface area contributed by atoms with Crippen LogP contribution in [0.15, 0.2) is 23.2 Å². The highest BCUT2D eigenvalue weighted by atomic mass is 19.2. The lowest BCUT2D eigenvalue weighted by atomic mass is 10.0. The number of aliphatic imine (C=N–C) groups is 1. The molecule has 0 amide bonds. The van der Waals surface area contributed by atoms with Gasteiger partial charge in [-0.15, -0.1) is 0 Å². The number of nitrogens with zero attached hydrogens (tertiary/aromatic N) is 2. The van der Waals surface area contributed by atoms with Crippen molar-refractivity contribution >= 4 is 5.96 Å². The van der Waals surface area contributed by atoms with Gasteiger partial charge in [-0.25, -0.2) is 8.78 Å². The summed E-state index contributed by atoms with van der Waals surface area (Å²) in [5.41, 5.74) is -0.0243. The molecule has 6 nitrogen and oxygen atoms in total. The normalized spacial score (nSPS) is 16.4. The van der Waals surface area contributed by atoms with E-state index in [2.05, 4.69) is 34.4 Å². The Bertz CT molecular complexity index is 605. The van der Waals surface area contributed by atoms with Crippen molar-refractivity contribution in [1.82, 2.24) is 15.5 Å². The van der Waals surface area contributed by atoms with Crippen LogP contribution in [0.4, 0.5) is 8.78 Å². The smallest absolute Gasteiger partial charge is 0.191 e. The summed E-state index contributed by atoms with van der Waals surface area (Å²) < 4.78 is 36.8. The zero-order valence-electron chi connectivity index (χ0n) is 15.6. The molecule has 1 aliphatic rings. The summed E-state index contributed by atoms with van der Waals surface area (Å²) in [5.74, 6) is -0.844. The second kappa shape index (κ2) is 9.68. The molecule has 146 valence electrons. The summed E-state index contributed by atoms with van der Waals surface area (Å²) in [7, 11) is 1.70. The zero-order chi connectivity index (χ0) is 19.0. The van der Waals surface area contributed by atoms with Gasteiger partial charge in [-0.05, 0) is 26.0 Å². The zero-order valence-corrected chi connectivity index (χ0v) is 15.6. The summed E-state index contributed by atoms with van der Waals surface area (Å²) in [6.45, 7) is 9.25. The topological polar surface area (TPSA) is 58.1 Å². The Labute approximate surface area is 153 Å². The largest absolute Gasteiger partial charge is 0.492 e. The third-order valence-corrected chi connectivity index (χ3v) is 4.33. The summed E-state index contributed by atoms with van der Waals surface area (Å²) in [6.07, 6.45) is 0. The average molecular weight is 370 g/mol. The lowest BCUT2D eigenvalue weighted by Gasteiger charge is -2.41. The molecule has 1 fully saturated rings. The van der Waals surface area contributed by atoms with Crippen molar-refractivity contribution < 1.29 is 18.3 Å². The lowest BCUT2D eigenvalue weighted by Crippen LogP contribution is -2.56. The van der Waals surface area contributed by atoms with E-state index in [1.807, 2.05) is 0 Å². The minimum atomic E-state index is -0.918. The third-order valence-electron chi connectivity index (χ3n) is 4.33. The van der Waals surface area contributed by atoms with Crippen LogP contribution in [0.25, 0.3) is 0 Å². The van der Waals surface area contributed by atoms with E-state index in [-0.39, 0.29) is 5.54 Å². The first-order valence-electron chi connectivity index (χ1n) is 8.77. The molecular formula is C18H28F2N4O2. The Morgan fingerprint density at radius 2 is 1.96 bits per heavy atom. The highest BCUT2D eigenvalue weighted by Gasteiger charge is 2.28. The first-order valence-corrected chi connectivity index (χ1v) is 8.77. The second-order valence-electron chi connectivity index (χ2n) is 6.69. The summed E-state index contributed by atoms with van der Waals surface area (Å²) >= 11 is 0. The molecule has 0 atom stereocenters. The van der Waals surface area contributed by atoms with Crippen LogP contribution >= 0.6 is 0 Å². The van der Waals surface area contributed by atoms with Crippen LogP contribution in [0.2, 0.25) is 0 Å². The minimum Gasteiger partial charge on any atom is -0.492 e. The van der Waals surface area contributed by atoms with Gasteiger partial charge in [-0.3, -0.25) is 9.89 Å². The average Bonchev–Trinajstić information content (AvgIpc) is 2.64. The number of morpholine rings is 1. The molecule has 0 bridgehead atoms. The van der Waals surface area contributed by atoms with E-state index in [0.717, 1.165) is 45.0 Å². The minimum absolute atomic E-state index is 0.0243. The fourth-order valence-electron chi connectivity index (χ4n) is 2.71. The molecule has 1 heterocycles. The molecular weight excluding hydrogens is 342 g/mol. The van der Waals surface area contributed by atoms with E-state index >= 15 is 0 Å². The molecule has 1 aromatic carbocycles. The molecule has 1 aliphatic heterocycles. The van der Waals surface area contributed by atoms with E-state index in [0.29, 0.717) is 24.9 Å².